The van der Waals surface area contributed by atoms with Gasteiger partial charge in [-0.05, 0) is 25.5 Å². The molecule has 0 saturated carbocycles. The van der Waals surface area contributed by atoms with Crippen LogP contribution in [0.3, 0.4) is 0 Å². The van der Waals surface area contributed by atoms with Gasteiger partial charge in [0.15, 0.2) is 0 Å². The van der Waals surface area contributed by atoms with Crippen LogP contribution in [0.4, 0.5) is 0 Å². The number of rotatable bonds is 3. The summed E-state index contributed by atoms with van der Waals surface area (Å²) < 4.78 is 7.20. The van der Waals surface area contributed by atoms with E-state index in [1.165, 1.54) is 5.56 Å². The van der Waals surface area contributed by atoms with Crippen molar-refractivity contribution >= 4 is 0 Å². The number of benzene rings is 1. The number of hydrogen-bond acceptors (Lipinski definition) is 3. The Kier molecular flexibility index (Phi) is 3.44. The summed E-state index contributed by atoms with van der Waals surface area (Å²) in [6.07, 6.45) is 5.55. The van der Waals surface area contributed by atoms with Gasteiger partial charge in [0.05, 0.1) is 12.8 Å². The van der Waals surface area contributed by atoms with Gasteiger partial charge in [-0.2, -0.15) is 5.10 Å². The van der Waals surface area contributed by atoms with Gasteiger partial charge in [0.25, 0.3) is 0 Å². The summed E-state index contributed by atoms with van der Waals surface area (Å²) in [5.41, 5.74) is 5.35. The quantitative estimate of drug-likeness (QED) is 0.736. The number of aromatic nitrogens is 3. The zero-order chi connectivity index (χ0) is 14.8. The highest BCUT2D eigenvalue weighted by Crippen LogP contribution is 2.32. The first-order chi connectivity index (χ1) is 10.2. The lowest BCUT2D eigenvalue weighted by atomic mass is 10.0. The lowest BCUT2D eigenvalue weighted by Gasteiger charge is -2.15. The highest BCUT2D eigenvalue weighted by molar-refractivity contribution is 5.75. The van der Waals surface area contributed by atoms with Gasteiger partial charge in [-0.25, -0.2) is 9.67 Å². The molecule has 0 amide bonds. The lowest BCUT2D eigenvalue weighted by molar-refractivity contribution is 0.394. The van der Waals surface area contributed by atoms with Crippen LogP contribution in [-0.4, -0.2) is 21.9 Å². The zero-order valence-electron chi connectivity index (χ0n) is 12.4. The fraction of sp³-hybridized carbons (Fsp3) is 0.176. The van der Waals surface area contributed by atoms with Crippen LogP contribution in [0.2, 0.25) is 0 Å². The second kappa shape index (κ2) is 5.40. The van der Waals surface area contributed by atoms with E-state index < -0.39 is 0 Å². The van der Waals surface area contributed by atoms with Crippen LogP contribution in [0.5, 0.6) is 5.88 Å². The summed E-state index contributed by atoms with van der Waals surface area (Å²) in [5.74, 6) is 0.622. The summed E-state index contributed by atoms with van der Waals surface area (Å²) in [5, 5.41) is 4.36. The van der Waals surface area contributed by atoms with Crippen LogP contribution >= 0.6 is 0 Å². The molecule has 0 aliphatic heterocycles. The highest BCUT2D eigenvalue weighted by Gasteiger charge is 2.15. The predicted molar refractivity (Wildman–Crippen MR) is 82.8 cm³/mol. The van der Waals surface area contributed by atoms with Crippen molar-refractivity contribution in [2.75, 3.05) is 7.11 Å². The number of aryl methyl sites for hydroxylation is 1. The summed E-state index contributed by atoms with van der Waals surface area (Å²) in [4.78, 5) is 4.41. The van der Waals surface area contributed by atoms with Crippen molar-refractivity contribution in [3.05, 3.63) is 60.0 Å². The third kappa shape index (κ3) is 2.40. The van der Waals surface area contributed by atoms with Gasteiger partial charge < -0.3 is 4.74 Å². The van der Waals surface area contributed by atoms with Crippen LogP contribution in [0, 0.1) is 13.8 Å². The van der Waals surface area contributed by atoms with Gasteiger partial charge in [0.1, 0.15) is 0 Å². The maximum absolute atomic E-state index is 5.35. The van der Waals surface area contributed by atoms with Crippen molar-refractivity contribution in [2.24, 2.45) is 0 Å². The summed E-state index contributed by atoms with van der Waals surface area (Å²) in [6, 6.07) is 10.3. The van der Waals surface area contributed by atoms with E-state index >= 15 is 0 Å². The van der Waals surface area contributed by atoms with Crippen LogP contribution in [-0.2, 0) is 0 Å². The van der Waals surface area contributed by atoms with E-state index in [1.807, 2.05) is 30.1 Å². The van der Waals surface area contributed by atoms with Crippen LogP contribution in [0.15, 0.2) is 48.9 Å². The zero-order valence-corrected chi connectivity index (χ0v) is 12.4. The fourth-order valence-electron chi connectivity index (χ4n) is 2.51. The molecule has 4 heteroatoms. The molecule has 0 unspecified atom stereocenters. The van der Waals surface area contributed by atoms with E-state index in [0.29, 0.717) is 5.88 Å². The molecule has 106 valence electrons. The molecule has 0 N–H and O–H groups in total. The summed E-state index contributed by atoms with van der Waals surface area (Å²) in [7, 11) is 1.63. The van der Waals surface area contributed by atoms with Gasteiger partial charge in [0, 0.05) is 29.7 Å². The Hall–Kier alpha value is -2.62. The Bertz CT molecular complexity index is 764. The van der Waals surface area contributed by atoms with Crippen molar-refractivity contribution in [3.63, 3.8) is 0 Å². The number of ether oxygens (including phenoxy) is 1. The maximum atomic E-state index is 5.35. The number of pyridine rings is 1. The van der Waals surface area contributed by atoms with Gasteiger partial charge in [-0.3, -0.25) is 0 Å². The summed E-state index contributed by atoms with van der Waals surface area (Å²) in [6.45, 7) is 4.09. The molecular weight excluding hydrogens is 262 g/mol. The molecule has 0 bridgehead atoms. The molecule has 1 aromatic carbocycles. The maximum Gasteiger partial charge on any atom is 0.218 e. The van der Waals surface area contributed by atoms with Gasteiger partial charge in [0.2, 0.25) is 5.88 Å². The number of nitrogens with zero attached hydrogens (tertiary/aromatic N) is 3. The fourth-order valence-corrected chi connectivity index (χ4v) is 2.51. The molecule has 0 radical (unpaired) electrons. The molecule has 0 fully saturated rings. The van der Waals surface area contributed by atoms with Crippen molar-refractivity contribution in [1.29, 1.82) is 0 Å². The lowest BCUT2D eigenvalue weighted by Crippen LogP contribution is -2.04. The largest absolute Gasteiger partial charge is 0.481 e. The van der Waals surface area contributed by atoms with E-state index in [9.17, 15) is 0 Å². The second-order valence-electron chi connectivity index (χ2n) is 4.97. The summed E-state index contributed by atoms with van der Waals surface area (Å²) >= 11 is 0. The van der Waals surface area contributed by atoms with Crippen molar-refractivity contribution in [3.8, 4) is 22.7 Å². The van der Waals surface area contributed by atoms with Gasteiger partial charge >= 0.3 is 0 Å². The Labute approximate surface area is 124 Å². The van der Waals surface area contributed by atoms with Crippen molar-refractivity contribution in [2.45, 2.75) is 13.8 Å². The minimum absolute atomic E-state index is 0.622. The molecule has 0 aliphatic carbocycles. The first kappa shape index (κ1) is 13.4. The highest BCUT2D eigenvalue weighted by atomic mass is 16.5. The van der Waals surface area contributed by atoms with E-state index in [0.717, 1.165) is 22.4 Å². The predicted octanol–water partition coefficient (Wildman–Crippen LogP) is 3.56. The molecule has 0 spiro atoms. The van der Waals surface area contributed by atoms with Crippen molar-refractivity contribution in [1.82, 2.24) is 14.8 Å². The van der Waals surface area contributed by atoms with Gasteiger partial charge in [-0.1, -0.05) is 29.8 Å². The van der Waals surface area contributed by atoms with E-state index in [4.69, 9.17) is 4.74 Å². The Morgan fingerprint density at radius 1 is 1.14 bits per heavy atom. The third-order valence-electron chi connectivity index (χ3n) is 3.50. The molecule has 4 nitrogen and oxygen atoms in total. The number of hydrogen-bond donors (Lipinski definition) is 0. The Balaban J connectivity index is 2.28. The first-order valence-electron chi connectivity index (χ1n) is 6.81. The average Bonchev–Trinajstić information content (AvgIpc) is 3.00. The molecule has 0 atom stereocenters. The van der Waals surface area contributed by atoms with Gasteiger partial charge in [-0.15, -0.1) is 0 Å². The van der Waals surface area contributed by atoms with Crippen LogP contribution < -0.4 is 4.74 Å². The minimum Gasteiger partial charge on any atom is -0.481 e. The molecule has 0 saturated heterocycles. The van der Waals surface area contributed by atoms with E-state index in [2.05, 4.69) is 41.3 Å². The molecule has 3 aromatic rings. The number of methoxy groups -OCH3 is 1. The normalized spacial score (nSPS) is 10.6. The molecular formula is C17H17N3O. The standard InChI is InChI=1S/C17H17N3O/c1-12-6-4-7-14(10-12)15-11-18-17(21-3)13(2)16(15)20-9-5-8-19-20/h4-11H,1-3H3. The smallest absolute Gasteiger partial charge is 0.218 e. The second-order valence-corrected chi connectivity index (χ2v) is 4.97. The van der Waals surface area contributed by atoms with E-state index in [1.54, 1.807) is 13.3 Å². The van der Waals surface area contributed by atoms with E-state index in [-0.39, 0.29) is 0 Å². The Morgan fingerprint density at radius 2 is 2.00 bits per heavy atom. The average molecular weight is 279 g/mol. The van der Waals surface area contributed by atoms with Crippen LogP contribution in [0.25, 0.3) is 16.8 Å². The SMILES string of the molecule is COc1ncc(-c2cccc(C)c2)c(-n2cccn2)c1C. The molecule has 0 aliphatic rings. The third-order valence-corrected chi connectivity index (χ3v) is 3.50. The topological polar surface area (TPSA) is 39.9 Å². The molecule has 2 aromatic heterocycles. The molecule has 2 heterocycles. The molecule has 21 heavy (non-hydrogen) atoms. The van der Waals surface area contributed by atoms with Crippen LogP contribution in [0.1, 0.15) is 11.1 Å². The van der Waals surface area contributed by atoms with Crippen molar-refractivity contribution < 1.29 is 4.74 Å². The Morgan fingerprint density at radius 3 is 2.67 bits per heavy atom. The monoisotopic (exact) mass is 279 g/mol. The first-order valence-corrected chi connectivity index (χ1v) is 6.81. The minimum atomic E-state index is 0.622. The molecule has 3 rings (SSSR count).